The zero-order valence-electron chi connectivity index (χ0n) is 10.8. The summed E-state index contributed by atoms with van der Waals surface area (Å²) < 4.78 is 6.59. The Balaban J connectivity index is 2.20. The van der Waals surface area contributed by atoms with Crippen LogP contribution >= 0.6 is 0 Å². The number of hydrogen-bond donors (Lipinski definition) is 2. The highest BCUT2D eigenvalue weighted by molar-refractivity contribution is 5.96. The van der Waals surface area contributed by atoms with Gasteiger partial charge in [-0.2, -0.15) is 0 Å². The van der Waals surface area contributed by atoms with E-state index in [4.69, 9.17) is 10.5 Å². The minimum Gasteiger partial charge on any atom is -0.465 e. The number of hydrogen-bond acceptors (Lipinski definition) is 6. The minimum absolute atomic E-state index is 0.267. The van der Waals surface area contributed by atoms with Crippen LogP contribution in [-0.2, 0) is 18.3 Å². The Hall–Kier alpha value is -2.57. The fourth-order valence-electron chi connectivity index (χ4n) is 1.63. The van der Waals surface area contributed by atoms with E-state index in [9.17, 15) is 4.79 Å². The molecule has 0 aliphatic rings. The van der Waals surface area contributed by atoms with Crippen molar-refractivity contribution in [3.63, 3.8) is 0 Å². The molecule has 100 valence electrons. The third-order valence-electron chi connectivity index (χ3n) is 2.69. The van der Waals surface area contributed by atoms with Gasteiger partial charge >= 0.3 is 5.97 Å². The number of carbonyl (C=O) groups excluding carboxylic acids is 1. The van der Waals surface area contributed by atoms with Gasteiger partial charge < -0.3 is 20.4 Å². The number of aromatic nitrogens is 3. The Labute approximate surface area is 110 Å². The molecule has 0 fully saturated rings. The van der Waals surface area contributed by atoms with Crippen molar-refractivity contribution in [1.82, 2.24) is 14.5 Å². The lowest BCUT2D eigenvalue weighted by Crippen LogP contribution is -2.11. The van der Waals surface area contributed by atoms with Gasteiger partial charge in [0.1, 0.15) is 11.6 Å². The zero-order chi connectivity index (χ0) is 13.8. The topological polar surface area (TPSA) is 95.1 Å². The first-order valence-electron chi connectivity index (χ1n) is 5.65. The summed E-state index contributed by atoms with van der Waals surface area (Å²) in [6, 6.07) is 1.48. The van der Waals surface area contributed by atoms with Crippen LogP contribution in [0.5, 0.6) is 0 Å². The summed E-state index contributed by atoms with van der Waals surface area (Å²) in [5.41, 5.74) is 6.48. The molecule has 19 heavy (non-hydrogen) atoms. The van der Waals surface area contributed by atoms with E-state index in [0.29, 0.717) is 17.8 Å². The normalized spacial score (nSPS) is 10.2. The fourth-order valence-corrected chi connectivity index (χ4v) is 1.63. The number of nitrogens with two attached hydrogens (primary N) is 1. The maximum atomic E-state index is 11.6. The lowest BCUT2D eigenvalue weighted by molar-refractivity contribution is 0.0601. The van der Waals surface area contributed by atoms with Crippen LogP contribution < -0.4 is 11.1 Å². The number of nitrogens with zero attached hydrogens (tertiary/aromatic N) is 3. The van der Waals surface area contributed by atoms with Gasteiger partial charge in [-0.3, -0.25) is 0 Å². The Kier molecular flexibility index (Phi) is 3.65. The summed E-state index contributed by atoms with van der Waals surface area (Å²) in [5.74, 6) is 0.645. The quantitative estimate of drug-likeness (QED) is 0.790. The van der Waals surface area contributed by atoms with Gasteiger partial charge in [0, 0.05) is 19.4 Å². The van der Waals surface area contributed by atoms with Gasteiger partial charge in [0.05, 0.1) is 31.1 Å². The van der Waals surface area contributed by atoms with Crippen molar-refractivity contribution in [3.05, 3.63) is 36.0 Å². The van der Waals surface area contributed by atoms with Gasteiger partial charge in [0.25, 0.3) is 0 Å². The Morgan fingerprint density at radius 2 is 2.32 bits per heavy atom. The molecule has 3 N–H and O–H groups in total. The SMILES string of the molecule is COC(=O)c1cc(N)ncc1NCc1nccn1C. The Morgan fingerprint density at radius 3 is 2.95 bits per heavy atom. The smallest absolute Gasteiger partial charge is 0.340 e. The highest BCUT2D eigenvalue weighted by atomic mass is 16.5. The molecule has 0 atom stereocenters. The first kappa shape index (κ1) is 12.9. The van der Waals surface area contributed by atoms with Crippen molar-refractivity contribution in [3.8, 4) is 0 Å². The molecule has 0 saturated heterocycles. The molecule has 0 aliphatic carbocycles. The number of anilines is 2. The van der Waals surface area contributed by atoms with Crippen LogP contribution in [0, 0.1) is 0 Å². The van der Waals surface area contributed by atoms with E-state index < -0.39 is 5.97 Å². The molecule has 0 unspecified atom stereocenters. The second kappa shape index (κ2) is 5.38. The maximum Gasteiger partial charge on any atom is 0.340 e. The van der Waals surface area contributed by atoms with Crippen LogP contribution in [0.15, 0.2) is 24.7 Å². The first-order valence-corrected chi connectivity index (χ1v) is 5.65. The molecule has 0 amide bonds. The highest BCUT2D eigenvalue weighted by Gasteiger charge is 2.13. The van der Waals surface area contributed by atoms with E-state index in [-0.39, 0.29) is 5.82 Å². The molecule has 0 spiro atoms. The maximum absolute atomic E-state index is 11.6. The summed E-state index contributed by atoms with van der Waals surface area (Å²) in [6.45, 7) is 0.471. The number of esters is 1. The predicted molar refractivity (Wildman–Crippen MR) is 70.5 cm³/mol. The molecular formula is C12H15N5O2. The van der Waals surface area contributed by atoms with Gasteiger partial charge in [-0.25, -0.2) is 14.8 Å². The molecule has 0 saturated carbocycles. The Bertz CT molecular complexity index is 594. The summed E-state index contributed by atoms with van der Waals surface area (Å²) in [6.07, 6.45) is 5.06. The molecule has 0 aromatic carbocycles. The average molecular weight is 261 g/mol. The average Bonchev–Trinajstić information content (AvgIpc) is 2.82. The van der Waals surface area contributed by atoms with Crippen LogP contribution in [0.2, 0.25) is 0 Å². The van der Waals surface area contributed by atoms with Crippen LogP contribution in [0.25, 0.3) is 0 Å². The van der Waals surface area contributed by atoms with E-state index in [1.165, 1.54) is 19.4 Å². The fraction of sp³-hybridized carbons (Fsp3) is 0.250. The number of rotatable bonds is 4. The number of nitrogens with one attached hydrogen (secondary N) is 1. The molecule has 2 aromatic heterocycles. The van der Waals surface area contributed by atoms with Crippen LogP contribution in [0.3, 0.4) is 0 Å². The van der Waals surface area contributed by atoms with E-state index in [1.54, 1.807) is 6.20 Å². The summed E-state index contributed by atoms with van der Waals surface area (Å²) >= 11 is 0. The van der Waals surface area contributed by atoms with Crippen LogP contribution in [-0.4, -0.2) is 27.6 Å². The molecule has 2 aromatic rings. The molecule has 0 aliphatic heterocycles. The minimum atomic E-state index is -0.462. The summed E-state index contributed by atoms with van der Waals surface area (Å²) in [4.78, 5) is 19.8. The van der Waals surface area contributed by atoms with Crippen molar-refractivity contribution >= 4 is 17.5 Å². The predicted octanol–water partition coefficient (Wildman–Crippen LogP) is 0.796. The van der Waals surface area contributed by atoms with Crippen molar-refractivity contribution < 1.29 is 9.53 Å². The van der Waals surface area contributed by atoms with E-state index in [1.807, 2.05) is 17.8 Å². The van der Waals surface area contributed by atoms with E-state index in [0.717, 1.165) is 5.82 Å². The molecule has 7 nitrogen and oxygen atoms in total. The lowest BCUT2D eigenvalue weighted by atomic mass is 10.2. The van der Waals surface area contributed by atoms with Crippen molar-refractivity contribution in [2.75, 3.05) is 18.2 Å². The van der Waals surface area contributed by atoms with Crippen LogP contribution in [0.1, 0.15) is 16.2 Å². The first-order chi connectivity index (χ1) is 9.11. The molecule has 0 bridgehead atoms. The number of pyridine rings is 1. The number of carbonyl (C=O) groups is 1. The largest absolute Gasteiger partial charge is 0.465 e. The van der Waals surface area contributed by atoms with Crippen molar-refractivity contribution in [2.45, 2.75) is 6.54 Å². The monoisotopic (exact) mass is 261 g/mol. The zero-order valence-corrected chi connectivity index (χ0v) is 10.8. The number of aryl methyl sites for hydroxylation is 1. The second-order valence-corrected chi connectivity index (χ2v) is 3.95. The second-order valence-electron chi connectivity index (χ2n) is 3.95. The lowest BCUT2D eigenvalue weighted by Gasteiger charge is -2.10. The highest BCUT2D eigenvalue weighted by Crippen LogP contribution is 2.18. The third kappa shape index (κ3) is 2.82. The number of imidazole rings is 1. The summed E-state index contributed by atoms with van der Waals surface area (Å²) in [7, 11) is 3.22. The number of methoxy groups -OCH3 is 1. The van der Waals surface area contributed by atoms with Gasteiger partial charge in [-0.15, -0.1) is 0 Å². The van der Waals surface area contributed by atoms with E-state index >= 15 is 0 Å². The number of nitrogen functional groups attached to an aromatic ring is 1. The third-order valence-corrected chi connectivity index (χ3v) is 2.69. The van der Waals surface area contributed by atoms with Gasteiger partial charge in [0.15, 0.2) is 0 Å². The molecule has 7 heteroatoms. The molecule has 0 radical (unpaired) electrons. The summed E-state index contributed by atoms with van der Waals surface area (Å²) in [5, 5.41) is 3.10. The molecule has 2 rings (SSSR count). The standard InChI is InChI=1S/C12H15N5O2/c1-17-4-3-14-11(17)7-15-9-6-16-10(13)5-8(9)12(18)19-2/h3-6,15H,7H2,1-2H3,(H2,13,16). The number of ether oxygens (including phenoxy) is 1. The van der Waals surface area contributed by atoms with Crippen molar-refractivity contribution in [1.29, 1.82) is 0 Å². The van der Waals surface area contributed by atoms with Gasteiger partial charge in [0.2, 0.25) is 0 Å². The van der Waals surface area contributed by atoms with Crippen LogP contribution in [0.4, 0.5) is 11.5 Å². The van der Waals surface area contributed by atoms with Crippen molar-refractivity contribution in [2.24, 2.45) is 7.05 Å². The van der Waals surface area contributed by atoms with Gasteiger partial charge in [-0.1, -0.05) is 0 Å². The Morgan fingerprint density at radius 1 is 1.53 bits per heavy atom. The van der Waals surface area contributed by atoms with Gasteiger partial charge in [-0.05, 0) is 6.07 Å². The van der Waals surface area contributed by atoms with E-state index in [2.05, 4.69) is 15.3 Å². The molecule has 2 heterocycles. The molecular weight excluding hydrogens is 246 g/mol.